The Morgan fingerprint density at radius 2 is 2.47 bits per heavy atom. The lowest BCUT2D eigenvalue weighted by atomic mass is 10.2. The Morgan fingerprint density at radius 3 is 3.20 bits per heavy atom. The highest BCUT2D eigenvalue weighted by atomic mass is 16.2. The van der Waals surface area contributed by atoms with E-state index in [4.69, 9.17) is 5.73 Å². The molecule has 2 rings (SSSR count). The van der Waals surface area contributed by atoms with E-state index in [0.29, 0.717) is 19.6 Å². The number of hydrogen-bond acceptors (Lipinski definition) is 4. The SMILES string of the molecule is NCc1cnccc1N1CCNC(=O)C1. The molecule has 5 heteroatoms. The van der Waals surface area contributed by atoms with Gasteiger partial charge in [-0.3, -0.25) is 9.78 Å². The Balaban J connectivity index is 2.24. The fourth-order valence-corrected chi connectivity index (χ4v) is 1.73. The van der Waals surface area contributed by atoms with Crippen molar-refractivity contribution in [3.8, 4) is 0 Å². The molecule has 1 fully saturated rings. The summed E-state index contributed by atoms with van der Waals surface area (Å²) in [5.74, 6) is 0.0565. The highest BCUT2D eigenvalue weighted by molar-refractivity contribution is 5.82. The molecule has 0 unspecified atom stereocenters. The second-order valence-electron chi connectivity index (χ2n) is 3.48. The van der Waals surface area contributed by atoms with Gasteiger partial charge in [-0.2, -0.15) is 0 Å². The summed E-state index contributed by atoms with van der Waals surface area (Å²) >= 11 is 0. The van der Waals surface area contributed by atoms with Crippen LogP contribution in [-0.2, 0) is 11.3 Å². The minimum absolute atomic E-state index is 0.0565. The minimum atomic E-state index is 0.0565. The third-order valence-corrected chi connectivity index (χ3v) is 2.48. The number of aromatic nitrogens is 1. The highest BCUT2D eigenvalue weighted by Crippen LogP contribution is 2.18. The second kappa shape index (κ2) is 4.27. The largest absolute Gasteiger partial charge is 0.360 e. The van der Waals surface area contributed by atoms with E-state index in [-0.39, 0.29) is 5.91 Å². The lowest BCUT2D eigenvalue weighted by Gasteiger charge is -2.29. The van der Waals surface area contributed by atoms with Crippen LogP contribution >= 0.6 is 0 Å². The van der Waals surface area contributed by atoms with Gasteiger partial charge in [0.2, 0.25) is 5.91 Å². The van der Waals surface area contributed by atoms with Crippen molar-refractivity contribution in [1.29, 1.82) is 0 Å². The maximum Gasteiger partial charge on any atom is 0.239 e. The lowest BCUT2D eigenvalue weighted by Crippen LogP contribution is -2.48. The Bertz CT molecular complexity index is 366. The third kappa shape index (κ3) is 2.07. The van der Waals surface area contributed by atoms with Gasteiger partial charge in [0.25, 0.3) is 0 Å². The maximum absolute atomic E-state index is 11.2. The molecule has 0 aromatic carbocycles. The van der Waals surface area contributed by atoms with Crippen LogP contribution in [0.2, 0.25) is 0 Å². The molecular weight excluding hydrogens is 192 g/mol. The Kier molecular flexibility index (Phi) is 2.82. The highest BCUT2D eigenvalue weighted by Gasteiger charge is 2.18. The van der Waals surface area contributed by atoms with Gasteiger partial charge in [-0.25, -0.2) is 0 Å². The summed E-state index contributed by atoms with van der Waals surface area (Å²) in [6, 6.07) is 1.90. The van der Waals surface area contributed by atoms with Gasteiger partial charge in [-0.15, -0.1) is 0 Å². The first-order chi connectivity index (χ1) is 7.31. The zero-order valence-electron chi connectivity index (χ0n) is 8.44. The van der Waals surface area contributed by atoms with Crippen molar-refractivity contribution in [2.24, 2.45) is 5.73 Å². The zero-order chi connectivity index (χ0) is 10.7. The van der Waals surface area contributed by atoms with E-state index in [1.54, 1.807) is 12.4 Å². The van der Waals surface area contributed by atoms with Crippen molar-refractivity contribution in [3.63, 3.8) is 0 Å². The van der Waals surface area contributed by atoms with Gasteiger partial charge < -0.3 is 16.0 Å². The second-order valence-corrected chi connectivity index (χ2v) is 3.48. The standard InChI is InChI=1S/C10H14N4O/c11-5-8-6-12-2-1-9(8)14-4-3-13-10(15)7-14/h1-2,6H,3-5,7,11H2,(H,13,15). The van der Waals surface area contributed by atoms with Crippen molar-refractivity contribution >= 4 is 11.6 Å². The Hall–Kier alpha value is -1.62. The molecule has 1 aliphatic heterocycles. The number of hydrogen-bond donors (Lipinski definition) is 2. The van der Waals surface area contributed by atoms with Gasteiger partial charge in [0.1, 0.15) is 0 Å². The molecule has 1 saturated heterocycles. The van der Waals surface area contributed by atoms with Gasteiger partial charge in [0.15, 0.2) is 0 Å². The molecule has 5 nitrogen and oxygen atoms in total. The summed E-state index contributed by atoms with van der Waals surface area (Å²) in [7, 11) is 0. The molecule has 1 amide bonds. The van der Waals surface area contributed by atoms with Crippen LogP contribution in [0.3, 0.4) is 0 Å². The van der Waals surface area contributed by atoms with Crippen molar-refractivity contribution in [2.45, 2.75) is 6.54 Å². The number of nitrogens with two attached hydrogens (primary N) is 1. The van der Waals surface area contributed by atoms with Crippen LogP contribution in [-0.4, -0.2) is 30.5 Å². The number of carbonyl (C=O) groups is 1. The van der Waals surface area contributed by atoms with Gasteiger partial charge in [-0.05, 0) is 6.07 Å². The van der Waals surface area contributed by atoms with Crippen molar-refractivity contribution < 1.29 is 4.79 Å². The summed E-state index contributed by atoms with van der Waals surface area (Å²) in [5, 5.41) is 2.79. The summed E-state index contributed by atoms with van der Waals surface area (Å²) < 4.78 is 0. The minimum Gasteiger partial charge on any atom is -0.360 e. The quantitative estimate of drug-likeness (QED) is 0.683. The first kappa shape index (κ1) is 9.92. The fraction of sp³-hybridized carbons (Fsp3) is 0.400. The van der Waals surface area contributed by atoms with Gasteiger partial charge in [0, 0.05) is 43.3 Å². The molecule has 0 radical (unpaired) electrons. The van der Waals surface area contributed by atoms with Crippen molar-refractivity contribution in [3.05, 3.63) is 24.0 Å². The van der Waals surface area contributed by atoms with E-state index >= 15 is 0 Å². The van der Waals surface area contributed by atoms with Crippen LogP contribution in [0.5, 0.6) is 0 Å². The van der Waals surface area contributed by atoms with Gasteiger partial charge >= 0.3 is 0 Å². The number of nitrogens with zero attached hydrogens (tertiary/aromatic N) is 2. The Morgan fingerprint density at radius 1 is 1.60 bits per heavy atom. The summed E-state index contributed by atoms with van der Waals surface area (Å²) in [4.78, 5) is 17.3. The third-order valence-electron chi connectivity index (χ3n) is 2.48. The van der Waals surface area contributed by atoms with E-state index in [1.807, 2.05) is 11.0 Å². The summed E-state index contributed by atoms with van der Waals surface area (Å²) in [5.41, 5.74) is 7.62. The molecule has 0 atom stereocenters. The molecule has 1 aromatic heterocycles. The first-order valence-corrected chi connectivity index (χ1v) is 4.96. The number of piperazine rings is 1. The molecule has 0 spiro atoms. The zero-order valence-corrected chi connectivity index (χ0v) is 8.44. The smallest absolute Gasteiger partial charge is 0.239 e. The van der Waals surface area contributed by atoms with Crippen LogP contribution in [0.15, 0.2) is 18.5 Å². The van der Waals surface area contributed by atoms with E-state index in [2.05, 4.69) is 10.3 Å². The Labute approximate surface area is 88.3 Å². The number of nitrogens with one attached hydrogen (secondary N) is 1. The molecule has 0 aliphatic carbocycles. The molecule has 1 aliphatic rings. The first-order valence-electron chi connectivity index (χ1n) is 4.96. The van der Waals surface area contributed by atoms with Crippen molar-refractivity contribution in [2.75, 3.05) is 24.5 Å². The van der Waals surface area contributed by atoms with Crippen LogP contribution in [0, 0.1) is 0 Å². The molecular formula is C10H14N4O. The molecule has 2 heterocycles. The van der Waals surface area contributed by atoms with Crippen LogP contribution < -0.4 is 16.0 Å². The average Bonchev–Trinajstić information content (AvgIpc) is 2.29. The number of rotatable bonds is 2. The van der Waals surface area contributed by atoms with Crippen LogP contribution in [0.4, 0.5) is 5.69 Å². The average molecular weight is 206 g/mol. The molecule has 15 heavy (non-hydrogen) atoms. The van der Waals surface area contributed by atoms with E-state index in [1.165, 1.54) is 0 Å². The molecule has 3 N–H and O–H groups in total. The monoisotopic (exact) mass is 206 g/mol. The molecule has 0 saturated carbocycles. The number of pyridine rings is 1. The summed E-state index contributed by atoms with van der Waals surface area (Å²) in [6.07, 6.45) is 3.48. The molecule has 1 aromatic rings. The van der Waals surface area contributed by atoms with E-state index in [0.717, 1.165) is 17.8 Å². The number of anilines is 1. The predicted octanol–water partition coefficient (Wildman–Crippen LogP) is -0.524. The van der Waals surface area contributed by atoms with Crippen molar-refractivity contribution in [1.82, 2.24) is 10.3 Å². The summed E-state index contributed by atoms with van der Waals surface area (Å²) in [6.45, 7) is 2.35. The van der Waals surface area contributed by atoms with E-state index < -0.39 is 0 Å². The van der Waals surface area contributed by atoms with Gasteiger partial charge in [-0.1, -0.05) is 0 Å². The molecule has 80 valence electrons. The lowest BCUT2D eigenvalue weighted by molar-refractivity contribution is -0.120. The topological polar surface area (TPSA) is 71.2 Å². The normalized spacial score (nSPS) is 16.3. The van der Waals surface area contributed by atoms with Gasteiger partial charge in [0.05, 0.1) is 6.54 Å². The number of carbonyl (C=O) groups excluding carboxylic acids is 1. The molecule has 0 bridgehead atoms. The van der Waals surface area contributed by atoms with E-state index in [9.17, 15) is 4.79 Å². The van der Waals surface area contributed by atoms with Crippen LogP contribution in [0.1, 0.15) is 5.56 Å². The predicted molar refractivity (Wildman–Crippen MR) is 57.4 cm³/mol. The number of amides is 1. The maximum atomic E-state index is 11.2. The van der Waals surface area contributed by atoms with Crippen LogP contribution in [0.25, 0.3) is 0 Å². The fourth-order valence-electron chi connectivity index (χ4n) is 1.73.